The Bertz CT molecular complexity index is 1330. The molecule has 3 N–H and O–H groups in total. The Labute approximate surface area is 199 Å². The van der Waals surface area contributed by atoms with Crippen molar-refractivity contribution in [3.63, 3.8) is 0 Å². The Morgan fingerprint density at radius 3 is 2.40 bits per heavy atom. The molecule has 180 valence electrons. The molecule has 11 nitrogen and oxygen atoms in total. The average molecular weight is 478 g/mol. The number of para-hydroxylation sites is 1. The molecule has 1 fully saturated rings. The van der Waals surface area contributed by atoms with Crippen molar-refractivity contribution >= 4 is 46.7 Å². The van der Waals surface area contributed by atoms with Crippen LogP contribution in [-0.4, -0.2) is 76.1 Å². The lowest BCUT2D eigenvalue weighted by Crippen LogP contribution is -2.55. The van der Waals surface area contributed by atoms with Gasteiger partial charge in [-0.25, -0.2) is 9.37 Å². The van der Waals surface area contributed by atoms with Crippen LogP contribution in [0.3, 0.4) is 0 Å². The van der Waals surface area contributed by atoms with Gasteiger partial charge in [0.25, 0.3) is 11.7 Å². The Balaban J connectivity index is 1.50. The number of carbonyl (C=O) groups is 3. The molecular weight excluding hydrogens is 455 g/mol. The number of hydrazone groups is 2. The Morgan fingerprint density at radius 1 is 1.14 bits per heavy atom. The van der Waals surface area contributed by atoms with Gasteiger partial charge in [-0.05, 0) is 12.1 Å². The zero-order chi connectivity index (χ0) is 25.1. The second kappa shape index (κ2) is 9.71. The number of amides is 1. The largest absolute Gasteiger partial charge is 0.358 e. The van der Waals surface area contributed by atoms with E-state index < -0.39 is 23.3 Å². The number of aromatic amines is 1. The van der Waals surface area contributed by atoms with Crippen molar-refractivity contribution in [2.75, 3.05) is 31.2 Å². The van der Waals surface area contributed by atoms with E-state index in [2.05, 4.69) is 26.9 Å². The lowest BCUT2D eigenvalue weighted by molar-refractivity contribution is -0.127. The number of hydrogen-bond donors (Lipinski definition) is 2. The van der Waals surface area contributed by atoms with Gasteiger partial charge in [0.1, 0.15) is 5.69 Å². The number of rotatable bonds is 5. The minimum absolute atomic E-state index is 0.00564. The first kappa shape index (κ1) is 23.5. The van der Waals surface area contributed by atoms with E-state index in [1.165, 1.54) is 23.0 Å². The number of piperazine rings is 1. The van der Waals surface area contributed by atoms with E-state index in [-0.39, 0.29) is 35.2 Å². The lowest BCUT2D eigenvalue weighted by atomic mass is 10.1. The van der Waals surface area contributed by atoms with Crippen LogP contribution in [0.4, 0.5) is 10.1 Å². The predicted molar refractivity (Wildman–Crippen MR) is 129 cm³/mol. The summed E-state index contributed by atoms with van der Waals surface area (Å²) in [4.78, 5) is 47.5. The highest BCUT2D eigenvalue weighted by molar-refractivity contribution is 6.45. The van der Waals surface area contributed by atoms with Crippen molar-refractivity contribution in [1.29, 1.82) is 0 Å². The molecule has 12 heteroatoms. The molecule has 2 aromatic heterocycles. The monoisotopic (exact) mass is 478 g/mol. The third kappa shape index (κ3) is 4.33. The first-order valence-corrected chi connectivity index (χ1v) is 10.7. The Hall–Kier alpha value is -4.61. The minimum Gasteiger partial charge on any atom is -0.358 e. The minimum atomic E-state index is -0.879. The van der Waals surface area contributed by atoms with Gasteiger partial charge in [-0.1, -0.05) is 18.2 Å². The second-order valence-electron chi connectivity index (χ2n) is 7.79. The smallest absolute Gasteiger partial charge is 0.295 e. The summed E-state index contributed by atoms with van der Waals surface area (Å²) >= 11 is 0. The van der Waals surface area contributed by atoms with E-state index in [0.717, 1.165) is 6.20 Å². The van der Waals surface area contributed by atoms with Crippen molar-refractivity contribution in [2.24, 2.45) is 16.0 Å². The summed E-state index contributed by atoms with van der Waals surface area (Å²) in [6.45, 7) is 5.94. The van der Waals surface area contributed by atoms with Gasteiger partial charge in [0.15, 0.2) is 11.6 Å². The number of H-pyrrole nitrogens is 1. The van der Waals surface area contributed by atoms with E-state index in [1.54, 1.807) is 0 Å². The van der Waals surface area contributed by atoms with Crippen LogP contribution in [0.5, 0.6) is 0 Å². The van der Waals surface area contributed by atoms with Crippen LogP contribution >= 0.6 is 0 Å². The second-order valence-corrected chi connectivity index (χ2v) is 7.79. The summed E-state index contributed by atoms with van der Waals surface area (Å²) in [6.07, 6.45) is 2.10. The van der Waals surface area contributed by atoms with E-state index in [0.29, 0.717) is 24.7 Å². The Morgan fingerprint density at radius 2 is 1.80 bits per heavy atom. The van der Waals surface area contributed by atoms with E-state index in [1.807, 2.05) is 35.2 Å². The number of anilines is 1. The molecule has 4 rings (SSSR count). The zero-order valence-electron chi connectivity index (χ0n) is 18.9. The number of aromatic nitrogens is 2. The average Bonchev–Trinajstić information content (AvgIpc) is 3.33. The number of halogens is 1. The summed E-state index contributed by atoms with van der Waals surface area (Å²) in [7, 11) is 0. The highest BCUT2D eigenvalue weighted by Gasteiger charge is 2.32. The van der Waals surface area contributed by atoms with Crippen LogP contribution in [0.2, 0.25) is 0 Å². The van der Waals surface area contributed by atoms with Crippen LogP contribution in [0.25, 0.3) is 10.9 Å². The number of guanidine groups is 1. The van der Waals surface area contributed by atoms with Crippen molar-refractivity contribution in [1.82, 2.24) is 19.8 Å². The van der Waals surface area contributed by atoms with E-state index in [4.69, 9.17) is 5.84 Å². The van der Waals surface area contributed by atoms with Gasteiger partial charge in [0, 0.05) is 46.0 Å². The van der Waals surface area contributed by atoms with Gasteiger partial charge in [0.2, 0.25) is 5.96 Å². The van der Waals surface area contributed by atoms with Gasteiger partial charge < -0.3 is 20.6 Å². The normalized spacial score (nSPS) is 14.2. The molecule has 1 aliphatic heterocycles. The number of ketones is 2. The maximum Gasteiger partial charge on any atom is 0.295 e. The Kier molecular flexibility index (Phi) is 6.53. The first-order valence-electron chi connectivity index (χ1n) is 10.7. The van der Waals surface area contributed by atoms with Gasteiger partial charge in [-0.15, -0.1) is 5.10 Å². The summed E-state index contributed by atoms with van der Waals surface area (Å²) in [6, 6.07) is 9.19. The highest BCUT2D eigenvalue weighted by atomic mass is 19.1. The summed E-state index contributed by atoms with van der Waals surface area (Å²) < 4.78 is 14.5. The van der Waals surface area contributed by atoms with Gasteiger partial charge in [-0.3, -0.25) is 14.4 Å². The molecule has 1 aromatic carbocycles. The fourth-order valence-corrected chi connectivity index (χ4v) is 4.02. The number of pyridine rings is 1. The molecule has 1 aliphatic rings. The molecule has 3 heterocycles. The molecule has 0 atom stereocenters. The van der Waals surface area contributed by atoms with Crippen molar-refractivity contribution < 1.29 is 18.8 Å². The van der Waals surface area contributed by atoms with Gasteiger partial charge in [-0.2, -0.15) is 10.1 Å². The molecule has 0 aliphatic carbocycles. The molecule has 1 saturated heterocycles. The fraction of sp³-hybridized carbons (Fsp3) is 0.217. The summed E-state index contributed by atoms with van der Waals surface area (Å²) in [5.74, 6) is 3.13. The molecule has 0 unspecified atom stereocenters. The van der Waals surface area contributed by atoms with E-state index >= 15 is 0 Å². The SMILES string of the molecule is C=NN(/C(=N\N)N1CCN(C(=O)C(=O)c2c[nH]c3c(C(C)=O)ncc(F)c23)CC1)c1ccccc1. The molecule has 0 saturated carbocycles. The van der Waals surface area contributed by atoms with E-state index in [9.17, 15) is 18.8 Å². The summed E-state index contributed by atoms with van der Waals surface area (Å²) in [5.41, 5.74) is 0.639. The third-order valence-corrected chi connectivity index (χ3v) is 5.73. The molecule has 0 spiro atoms. The maximum absolute atomic E-state index is 14.5. The molecule has 35 heavy (non-hydrogen) atoms. The van der Waals surface area contributed by atoms with Crippen LogP contribution in [0.1, 0.15) is 27.8 Å². The zero-order valence-corrected chi connectivity index (χ0v) is 18.9. The number of carbonyl (C=O) groups excluding carboxylic acids is 3. The van der Waals surface area contributed by atoms with Crippen LogP contribution in [-0.2, 0) is 4.79 Å². The standard InChI is InChI=1S/C23H23FN8O3/c1-14(33)19-20-18(17(24)13-28-19)16(12-27-20)21(34)22(35)30-8-10-31(11-9-30)23(29-25)32(26-2)15-6-4-3-5-7-15/h3-7,12-13,27H,2,8-11,25H2,1H3/b29-23-. The fourth-order valence-electron chi connectivity index (χ4n) is 4.02. The number of Topliss-reactive ketones (excluding diaryl/α,β-unsaturated/α-hetero) is 2. The van der Waals surface area contributed by atoms with Crippen molar-refractivity contribution in [2.45, 2.75) is 6.92 Å². The van der Waals surface area contributed by atoms with Gasteiger partial charge in [0.05, 0.1) is 28.4 Å². The van der Waals surface area contributed by atoms with Crippen LogP contribution < -0.4 is 10.9 Å². The number of hydrogen-bond acceptors (Lipinski definition) is 7. The molecule has 3 aromatic rings. The number of fused-ring (bicyclic) bond motifs is 1. The molecule has 1 amide bonds. The molecule has 0 bridgehead atoms. The topological polar surface area (TPSA) is 140 Å². The third-order valence-electron chi connectivity index (χ3n) is 5.73. The van der Waals surface area contributed by atoms with Crippen LogP contribution in [0.15, 0.2) is 52.9 Å². The quantitative estimate of drug-likeness (QED) is 0.142. The first-order chi connectivity index (χ1) is 16.9. The number of benzene rings is 1. The van der Waals surface area contributed by atoms with Crippen molar-refractivity contribution in [3.05, 3.63) is 59.8 Å². The molecular formula is C23H23FN8O3. The lowest BCUT2D eigenvalue weighted by Gasteiger charge is -2.37. The molecule has 0 radical (unpaired) electrons. The predicted octanol–water partition coefficient (Wildman–Crippen LogP) is 1.58. The summed E-state index contributed by atoms with van der Waals surface area (Å²) in [5, 5.41) is 9.22. The number of nitrogens with zero attached hydrogens (tertiary/aromatic N) is 6. The number of nitrogens with two attached hydrogens (primary N) is 1. The van der Waals surface area contributed by atoms with Gasteiger partial charge >= 0.3 is 0 Å². The highest BCUT2D eigenvalue weighted by Crippen LogP contribution is 2.25. The van der Waals surface area contributed by atoms with Crippen LogP contribution in [0, 0.1) is 5.82 Å². The van der Waals surface area contributed by atoms with Crippen molar-refractivity contribution in [3.8, 4) is 0 Å². The maximum atomic E-state index is 14.5. The number of nitrogens with one attached hydrogen (secondary N) is 1.